The van der Waals surface area contributed by atoms with E-state index in [2.05, 4.69) is 33.4 Å². The maximum Gasteiger partial charge on any atom is 0.239 e. The molecule has 0 unspecified atom stereocenters. The summed E-state index contributed by atoms with van der Waals surface area (Å²) in [5, 5.41) is 3.76. The molecule has 0 aliphatic carbocycles. The molecule has 1 aromatic heterocycles. The first-order valence-electron chi connectivity index (χ1n) is 10.2. The Kier molecular flexibility index (Phi) is 9.47. The lowest BCUT2D eigenvalue weighted by molar-refractivity contribution is -0.120. The van der Waals surface area contributed by atoms with E-state index in [1.807, 2.05) is 18.9 Å². The molecular weight excluding hydrogens is 389 g/mol. The topological polar surface area (TPSA) is 61.4 Å². The largest absolute Gasteiger partial charge is 0.352 e. The van der Waals surface area contributed by atoms with Crippen molar-refractivity contribution in [3.05, 3.63) is 41.5 Å². The van der Waals surface area contributed by atoms with Crippen LogP contribution in [0.3, 0.4) is 0 Å². The second kappa shape index (κ2) is 11.8. The fourth-order valence-corrected chi connectivity index (χ4v) is 3.74. The predicted molar refractivity (Wildman–Crippen MR) is 117 cm³/mol. The SMILES string of the molecule is CCN(CC)CCC[C@H](C)NC(=O)CN(C)c1nc(Cc2ccc(F)cc2)ns1. The van der Waals surface area contributed by atoms with Crippen molar-refractivity contribution in [1.29, 1.82) is 0 Å². The summed E-state index contributed by atoms with van der Waals surface area (Å²) in [5.74, 6) is 0.403. The number of hydrogen-bond donors (Lipinski definition) is 1. The highest BCUT2D eigenvalue weighted by molar-refractivity contribution is 7.09. The minimum atomic E-state index is -0.256. The van der Waals surface area contributed by atoms with Crippen LogP contribution in [-0.4, -0.2) is 59.4 Å². The summed E-state index contributed by atoms with van der Waals surface area (Å²) >= 11 is 1.27. The quantitative estimate of drug-likeness (QED) is 0.570. The average molecular weight is 422 g/mol. The number of rotatable bonds is 12. The van der Waals surface area contributed by atoms with Crippen LogP contribution in [0.2, 0.25) is 0 Å². The van der Waals surface area contributed by atoms with E-state index in [-0.39, 0.29) is 24.3 Å². The van der Waals surface area contributed by atoms with Crippen molar-refractivity contribution < 1.29 is 9.18 Å². The van der Waals surface area contributed by atoms with Gasteiger partial charge in [0.2, 0.25) is 11.0 Å². The van der Waals surface area contributed by atoms with Gasteiger partial charge in [0.25, 0.3) is 0 Å². The van der Waals surface area contributed by atoms with Gasteiger partial charge in [0, 0.05) is 31.0 Å². The van der Waals surface area contributed by atoms with Gasteiger partial charge in [-0.2, -0.15) is 4.37 Å². The van der Waals surface area contributed by atoms with Crippen molar-refractivity contribution in [2.75, 3.05) is 38.1 Å². The van der Waals surface area contributed by atoms with E-state index in [1.165, 1.54) is 23.7 Å². The van der Waals surface area contributed by atoms with Crippen LogP contribution in [0.4, 0.5) is 9.52 Å². The number of hydrogen-bond acceptors (Lipinski definition) is 6. The van der Waals surface area contributed by atoms with Gasteiger partial charge in [0.15, 0.2) is 0 Å². The van der Waals surface area contributed by atoms with Crippen molar-refractivity contribution in [3.63, 3.8) is 0 Å². The van der Waals surface area contributed by atoms with Gasteiger partial charge in [0.1, 0.15) is 11.6 Å². The summed E-state index contributed by atoms with van der Waals surface area (Å²) in [5.41, 5.74) is 0.953. The molecule has 0 saturated heterocycles. The van der Waals surface area contributed by atoms with Crippen LogP contribution in [0, 0.1) is 5.82 Å². The highest BCUT2D eigenvalue weighted by Gasteiger charge is 2.14. The van der Waals surface area contributed by atoms with Gasteiger partial charge >= 0.3 is 0 Å². The van der Waals surface area contributed by atoms with E-state index in [0.717, 1.165) is 38.0 Å². The smallest absolute Gasteiger partial charge is 0.239 e. The van der Waals surface area contributed by atoms with E-state index >= 15 is 0 Å². The molecule has 0 bridgehead atoms. The number of carbonyl (C=O) groups is 1. The standard InChI is InChI=1S/C21H32FN5OS/c1-5-27(6-2)13-7-8-16(3)23-20(28)15-26(4)21-24-19(25-29-21)14-17-9-11-18(22)12-10-17/h9-12,16H,5-8,13-15H2,1-4H3,(H,23,28)/t16-/m0/s1. The van der Waals surface area contributed by atoms with Gasteiger partial charge in [-0.05, 0) is 57.1 Å². The number of nitrogens with zero attached hydrogens (tertiary/aromatic N) is 4. The second-order valence-corrected chi connectivity index (χ2v) is 8.02. The monoisotopic (exact) mass is 421 g/mol. The molecule has 1 aromatic carbocycles. The maximum atomic E-state index is 13.0. The molecule has 1 amide bonds. The molecule has 8 heteroatoms. The van der Waals surface area contributed by atoms with E-state index in [1.54, 1.807) is 12.1 Å². The number of aromatic nitrogens is 2. The Morgan fingerprint density at radius 1 is 1.24 bits per heavy atom. The first kappa shape index (κ1) is 23.2. The molecule has 0 spiro atoms. The molecule has 2 rings (SSSR count). The molecule has 6 nitrogen and oxygen atoms in total. The number of nitrogens with one attached hydrogen (secondary N) is 1. The molecule has 0 radical (unpaired) electrons. The molecule has 2 aromatic rings. The van der Waals surface area contributed by atoms with Crippen LogP contribution in [0.15, 0.2) is 24.3 Å². The van der Waals surface area contributed by atoms with E-state index in [9.17, 15) is 9.18 Å². The molecule has 0 aliphatic rings. The first-order chi connectivity index (χ1) is 13.9. The Balaban J connectivity index is 1.76. The van der Waals surface area contributed by atoms with Gasteiger partial charge in [-0.3, -0.25) is 4.79 Å². The lowest BCUT2D eigenvalue weighted by atomic mass is 10.1. The number of amides is 1. The van der Waals surface area contributed by atoms with Crippen LogP contribution in [0.1, 0.15) is 45.0 Å². The van der Waals surface area contributed by atoms with Crippen LogP contribution < -0.4 is 10.2 Å². The molecule has 1 heterocycles. The molecule has 29 heavy (non-hydrogen) atoms. The lowest BCUT2D eigenvalue weighted by Crippen LogP contribution is -2.40. The fraction of sp³-hybridized carbons (Fsp3) is 0.571. The Labute approximate surface area is 177 Å². The van der Waals surface area contributed by atoms with Gasteiger partial charge < -0.3 is 15.1 Å². The average Bonchev–Trinajstić information content (AvgIpc) is 3.15. The van der Waals surface area contributed by atoms with Gasteiger partial charge in [0.05, 0.1) is 6.54 Å². The van der Waals surface area contributed by atoms with Crippen LogP contribution in [0.25, 0.3) is 0 Å². The molecule has 1 atom stereocenters. The molecule has 1 N–H and O–H groups in total. The van der Waals surface area contributed by atoms with Gasteiger partial charge in [-0.15, -0.1) is 0 Å². The summed E-state index contributed by atoms with van der Waals surface area (Å²) < 4.78 is 17.4. The Hall–Kier alpha value is -2.06. The van der Waals surface area contributed by atoms with Crippen molar-refractivity contribution in [2.45, 2.75) is 46.1 Å². The fourth-order valence-electron chi connectivity index (χ4n) is 3.09. The minimum absolute atomic E-state index is 0.0156. The molecular formula is C21H32FN5OS. The van der Waals surface area contributed by atoms with Crippen LogP contribution in [0.5, 0.6) is 0 Å². The zero-order valence-corrected chi connectivity index (χ0v) is 18.6. The molecule has 0 fully saturated rings. The highest BCUT2D eigenvalue weighted by Crippen LogP contribution is 2.17. The van der Waals surface area contributed by atoms with Crippen molar-refractivity contribution in [2.24, 2.45) is 0 Å². The summed E-state index contributed by atoms with van der Waals surface area (Å²) in [4.78, 5) is 21.0. The third-order valence-corrected chi connectivity index (χ3v) is 5.72. The Bertz CT molecular complexity index is 748. The van der Waals surface area contributed by atoms with E-state index < -0.39 is 0 Å². The minimum Gasteiger partial charge on any atom is -0.352 e. The third kappa shape index (κ3) is 8.06. The number of halogens is 1. The first-order valence-corrected chi connectivity index (χ1v) is 11.0. The number of anilines is 1. The van der Waals surface area contributed by atoms with E-state index in [0.29, 0.717) is 17.4 Å². The lowest BCUT2D eigenvalue weighted by Gasteiger charge is -2.21. The second-order valence-electron chi connectivity index (χ2n) is 7.29. The highest BCUT2D eigenvalue weighted by atomic mass is 32.1. The normalized spacial score (nSPS) is 12.2. The van der Waals surface area contributed by atoms with Gasteiger partial charge in [-0.1, -0.05) is 26.0 Å². The maximum absolute atomic E-state index is 13.0. The third-order valence-electron chi connectivity index (χ3n) is 4.85. The van der Waals surface area contributed by atoms with E-state index in [4.69, 9.17) is 0 Å². The summed E-state index contributed by atoms with van der Waals surface area (Å²) in [6.45, 7) is 9.82. The predicted octanol–water partition coefficient (Wildman–Crippen LogP) is 3.33. The van der Waals surface area contributed by atoms with Crippen LogP contribution in [-0.2, 0) is 11.2 Å². The van der Waals surface area contributed by atoms with Gasteiger partial charge in [-0.25, -0.2) is 9.37 Å². The van der Waals surface area contributed by atoms with Crippen molar-refractivity contribution in [1.82, 2.24) is 19.6 Å². The molecule has 160 valence electrons. The zero-order valence-electron chi connectivity index (χ0n) is 17.8. The number of benzene rings is 1. The van der Waals surface area contributed by atoms with Crippen LogP contribution >= 0.6 is 11.5 Å². The summed E-state index contributed by atoms with van der Waals surface area (Å²) in [6.07, 6.45) is 2.58. The van der Waals surface area contributed by atoms with Crippen molar-refractivity contribution in [3.8, 4) is 0 Å². The number of likely N-dealkylation sites (N-methyl/N-ethyl adjacent to an activating group) is 1. The summed E-state index contributed by atoms with van der Waals surface area (Å²) in [6, 6.07) is 6.48. The molecule has 0 aliphatic heterocycles. The number of carbonyl (C=O) groups excluding carboxylic acids is 1. The van der Waals surface area contributed by atoms with Crippen molar-refractivity contribution >= 4 is 22.6 Å². The zero-order chi connectivity index (χ0) is 21.2. The molecule has 0 saturated carbocycles. The Morgan fingerprint density at radius 2 is 1.93 bits per heavy atom. The summed E-state index contributed by atoms with van der Waals surface area (Å²) in [7, 11) is 1.84. The Morgan fingerprint density at radius 3 is 2.59 bits per heavy atom.